The maximum atomic E-state index is 11.1. The number of hydrogen-bond donors (Lipinski definition) is 1. The number of nitrogens with zero attached hydrogens (tertiary/aromatic N) is 1. The lowest BCUT2D eigenvalue weighted by Gasteiger charge is -2.37. The van der Waals surface area contributed by atoms with Gasteiger partial charge in [0, 0.05) is 25.7 Å². The molecule has 4 heteroatoms. The minimum Gasteiger partial charge on any atom is -0.481 e. The number of carboxylic acid groups (broad SMARTS) is 1. The molecule has 0 rings (SSSR count). The second kappa shape index (κ2) is 8.48. The molecule has 0 saturated heterocycles. The summed E-state index contributed by atoms with van der Waals surface area (Å²) in [5.41, 5.74) is 0. The van der Waals surface area contributed by atoms with Crippen LogP contribution >= 0.6 is 0 Å². The van der Waals surface area contributed by atoms with Crippen LogP contribution in [0, 0.1) is 5.92 Å². The monoisotopic (exact) mass is 245 g/mol. The molecule has 4 nitrogen and oxygen atoms in total. The molecule has 2 atom stereocenters. The van der Waals surface area contributed by atoms with Crippen LogP contribution in [0.25, 0.3) is 0 Å². The van der Waals surface area contributed by atoms with Crippen LogP contribution in [0.2, 0.25) is 0 Å². The molecule has 1 N–H and O–H groups in total. The SMILES string of the molecule is CCC(CC)N(CCOC)C(C)C(C)C(=O)O. The van der Waals surface area contributed by atoms with E-state index in [9.17, 15) is 4.79 Å². The van der Waals surface area contributed by atoms with E-state index in [1.807, 2.05) is 6.92 Å². The van der Waals surface area contributed by atoms with Crippen LogP contribution in [0.4, 0.5) is 0 Å². The molecular weight excluding hydrogens is 218 g/mol. The molecule has 0 aliphatic rings. The highest BCUT2D eigenvalue weighted by atomic mass is 16.5. The van der Waals surface area contributed by atoms with Gasteiger partial charge in [-0.3, -0.25) is 9.69 Å². The van der Waals surface area contributed by atoms with Gasteiger partial charge in [-0.2, -0.15) is 0 Å². The number of hydrogen-bond acceptors (Lipinski definition) is 3. The maximum Gasteiger partial charge on any atom is 0.307 e. The molecule has 17 heavy (non-hydrogen) atoms. The van der Waals surface area contributed by atoms with E-state index >= 15 is 0 Å². The van der Waals surface area contributed by atoms with Crippen molar-refractivity contribution >= 4 is 5.97 Å². The summed E-state index contributed by atoms with van der Waals surface area (Å²) in [6, 6.07) is 0.467. The van der Waals surface area contributed by atoms with Crippen molar-refractivity contribution in [3.05, 3.63) is 0 Å². The molecule has 102 valence electrons. The van der Waals surface area contributed by atoms with Gasteiger partial charge in [0.05, 0.1) is 12.5 Å². The third kappa shape index (κ3) is 5.04. The smallest absolute Gasteiger partial charge is 0.307 e. The van der Waals surface area contributed by atoms with Crippen molar-refractivity contribution in [1.29, 1.82) is 0 Å². The van der Waals surface area contributed by atoms with Crippen molar-refractivity contribution in [1.82, 2.24) is 4.90 Å². The lowest BCUT2D eigenvalue weighted by molar-refractivity contribution is -0.143. The fourth-order valence-corrected chi connectivity index (χ4v) is 2.17. The Morgan fingerprint density at radius 3 is 2.18 bits per heavy atom. The molecule has 2 unspecified atom stereocenters. The zero-order valence-electron chi connectivity index (χ0n) is 11.8. The Bertz CT molecular complexity index is 217. The standard InChI is InChI=1S/C13H27NO3/c1-6-12(7-2)14(8-9-17-5)11(4)10(3)13(15)16/h10-12H,6-9H2,1-5H3,(H,15,16). The zero-order chi connectivity index (χ0) is 13.4. The topological polar surface area (TPSA) is 49.8 Å². The first-order chi connectivity index (χ1) is 7.99. The van der Waals surface area contributed by atoms with Crippen LogP contribution in [0.15, 0.2) is 0 Å². The van der Waals surface area contributed by atoms with Gasteiger partial charge in [-0.05, 0) is 19.8 Å². The number of methoxy groups -OCH3 is 1. The Hall–Kier alpha value is -0.610. The Morgan fingerprint density at radius 2 is 1.82 bits per heavy atom. The summed E-state index contributed by atoms with van der Waals surface area (Å²) >= 11 is 0. The second-order valence-electron chi connectivity index (χ2n) is 4.57. The molecule has 0 fully saturated rings. The Balaban J connectivity index is 4.69. The van der Waals surface area contributed by atoms with Crippen LogP contribution in [-0.4, -0.2) is 48.3 Å². The quantitative estimate of drug-likeness (QED) is 0.677. The summed E-state index contributed by atoms with van der Waals surface area (Å²) in [7, 11) is 1.68. The highest BCUT2D eigenvalue weighted by Gasteiger charge is 2.28. The minimum atomic E-state index is -0.731. The van der Waals surface area contributed by atoms with E-state index in [4.69, 9.17) is 9.84 Å². The molecule has 0 bridgehead atoms. The molecule has 0 radical (unpaired) electrons. The van der Waals surface area contributed by atoms with Gasteiger partial charge >= 0.3 is 5.97 Å². The Morgan fingerprint density at radius 1 is 1.29 bits per heavy atom. The van der Waals surface area contributed by atoms with Gasteiger partial charge in [-0.1, -0.05) is 20.8 Å². The molecule has 0 aliphatic carbocycles. The number of ether oxygens (including phenoxy) is 1. The van der Waals surface area contributed by atoms with Gasteiger partial charge in [-0.25, -0.2) is 0 Å². The van der Waals surface area contributed by atoms with Crippen molar-refractivity contribution in [2.75, 3.05) is 20.3 Å². The average Bonchev–Trinajstić information content (AvgIpc) is 2.32. The van der Waals surface area contributed by atoms with Gasteiger partial charge in [0.15, 0.2) is 0 Å². The van der Waals surface area contributed by atoms with Crippen LogP contribution in [0.1, 0.15) is 40.5 Å². The molecule has 0 spiro atoms. The Labute approximate surface area is 105 Å². The number of aliphatic carboxylic acids is 1. The van der Waals surface area contributed by atoms with Gasteiger partial charge < -0.3 is 9.84 Å². The third-order valence-electron chi connectivity index (χ3n) is 3.60. The number of rotatable bonds is 9. The normalized spacial score (nSPS) is 15.2. The first kappa shape index (κ1) is 16.4. The molecule has 0 aromatic heterocycles. The molecule has 0 saturated carbocycles. The van der Waals surface area contributed by atoms with Crippen LogP contribution in [0.5, 0.6) is 0 Å². The summed E-state index contributed by atoms with van der Waals surface area (Å²) in [5, 5.41) is 9.10. The fourth-order valence-electron chi connectivity index (χ4n) is 2.17. The molecular formula is C13H27NO3. The lowest BCUT2D eigenvalue weighted by atomic mass is 9.98. The number of carbonyl (C=O) groups is 1. The largest absolute Gasteiger partial charge is 0.481 e. The van der Waals surface area contributed by atoms with Gasteiger partial charge in [0.1, 0.15) is 0 Å². The minimum absolute atomic E-state index is 0.0348. The summed E-state index contributed by atoms with van der Waals surface area (Å²) in [5.74, 6) is -1.08. The fraction of sp³-hybridized carbons (Fsp3) is 0.923. The van der Waals surface area contributed by atoms with E-state index in [0.717, 1.165) is 19.4 Å². The number of carboxylic acids is 1. The lowest BCUT2D eigenvalue weighted by Crippen LogP contribution is -2.47. The van der Waals surface area contributed by atoms with E-state index in [0.29, 0.717) is 12.6 Å². The van der Waals surface area contributed by atoms with Crippen molar-refractivity contribution in [3.63, 3.8) is 0 Å². The molecule has 0 aromatic rings. The van der Waals surface area contributed by atoms with Gasteiger partial charge in [0.25, 0.3) is 0 Å². The van der Waals surface area contributed by atoms with E-state index in [2.05, 4.69) is 18.7 Å². The van der Waals surface area contributed by atoms with Crippen molar-refractivity contribution in [3.8, 4) is 0 Å². The summed E-state index contributed by atoms with van der Waals surface area (Å²) < 4.78 is 5.11. The van der Waals surface area contributed by atoms with Crippen LogP contribution in [-0.2, 0) is 9.53 Å². The van der Waals surface area contributed by atoms with Crippen LogP contribution < -0.4 is 0 Å². The summed E-state index contributed by atoms with van der Waals surface area (Å²) in [6.45, 7) is 9.50. The predicted octanol–water partition coefficient (Wildman–Crippen LogP) is 2.23. The molecule has 0 amide bonds. The average molecular weight is 245 g/mol. The first-order valence-corrected chi connectivity index (χ1v) is 6.46. The molecule has 0 aliphatic heterocycles. The third-order valence-corrected chi connectivity index (χ3v) is 3.60. The van der Waals surface area contributed by atoms with Crippen molar-refractivity contribution < 1.29 is 14.6 Å². The van der Waals surface area contributed by atoms with E-state index in [-0.39, 0.29) is 12.0 Å². The summed E-state index contributed by atoms with van der Waals surface area (Å²) in [6.07, 6.45) is 2.08. The summed E-state index contributed by atoms with van der Waals surface area (Å²) in [4.78, 5) is 13.3. The van der Waals surface area contributed by atoms with Crippen LogP contribution in [0.3, 0.4) is 0 Å². The second-order valence-corrected chi connectivity index (χ2v) is 4.57. The van der Waals surface area contributed by atoms with E-state index in [1.54, 1.807) is 14.0 Å². The Kier molecular flexibility index (Phi) is 8.17. The zero-order valence-corrected chi connectivity index (χ0v) is 11.8. The predicted molar refractivity (Wildman–Crippen MR) is 69.2 cm³/mol. The highest BCUT2D eigenvalue weighted by molar-refractivity contribution is 5.70. The highest BCUT2D eigenvalue weighted by Crippen LogP contribution is 2.18. The molecule has 0 aromatic carbocycles. The van der Waals surface area contributed by atoms with Gasteiger partial charge in [-0.15, -0.1) is 0 Å². The van der Waals surface area contributed by atoms with E-state index < -0.39 is 5.97 Å². The van der Waals surface area contributed by atoms with Crippen molar-refractivity contribution in [2.24, 2.45) is 5.92 Å². The molecule has 0 heterocycles. The first-order valence-electron chi connectivity index (χ1n) is 6.46. The van der Waals surface area contributed by atoms with E-state index in [1.165, 1.54) is 0 Å². The van der Waals surface area contributed by atoms with Crippen molar-refractivity contribution in [2.45, 2.75) is 52.6 Å². The maximum absolute atomic E-state index is 11.1. The van der Waals surface area contributed by atoms with Gasteiger partial charge in [0.2, 0.25) is 0 Å².